The summed E-state index contributed by atoms with van der Waals surface area (Å²) in [6, 6.07) is 11.5. The Balaban J connectivity index is 1.39. The number of fused-ring (bicyclic) bond motifs is 1. The number of nitrogens with one attached hydrogen (secondary N) is 1. The van der Waals surface area contributed by atoms with Crippen LogP contribution >= 0.6 is 0 Å². The lowest BCUT2D eigenvalue weighted by Gasteiger charge is -2.12. The van der Waals surface area contributed by atoms with Crippen molar-refractivity contribution < 1.29 is 9.53 Å². The van der Waals surface area contributed by atoms with Gasteiger partial charge in [0.15, 0.2) is 0 Å². The van der Waals surface area contributed by atoms with Gasteiger partial charge in [-0.2, -0.15) is 0 Å². The smallest absolute Gasteiger partial charge is 0.255 e. The fourth-order valence-corrected chi connectivity index (χ4v) is 3.42. The summed E-state index contributed by atoms with van der Waals surface area (Å²) in [4.78, 5) is 17.3. The van der Waals surface area contributed by atoms with E-state index in [0.29, 0.717) is 24.3 Å². The zero-order valence-electron chi connectivity index (χ0n) is 17.9. The Labute approximate surface area is 180 Å². The quantitative estimate of drug-likeness (QED) is 0.474. The summed E-state index contributed by atoms with van der Waals surface area (Å²) in [5.74, 6) is 1.19. The predicted octanol–water partition coefficient (Wildman–Crippen LogP) is 3.37. The van der Waals surface area contributed by atoms with E-state index in [2.05, 4.69) is 34.3 Å². The lowest BCUT2D eigenvalue weighted by molar-refractivity contribution is 0.0949. The van der Waals surface area contributed by atoms with E-state index in [1.807, 2.05) is 52.6 Å². The molecule has 8 nitrogen and oxygen atoms in total. The molecule has 0 saturated carbocycles. The van der Waals surface area contributed by atoms with Gasteiger partial charge in [-0.15, -0.1) is 10.2 Å². The second-order valence-corrected chi connectivity index (χ2v) is 7.74. The summed E-state index contributed by atoms with van der Waals surface area (Å²) in [6.45, 7) is 6.93. The van der Waals surface area contributed by atoms with Crippen LogP contribution in [0.5, 0.6) is 5.75 Å². The summed E-state index contributed by atoms with van der Waals surface area (Å²) in [5.41, 5.74) is 3.32. The third kappa shape index (κ3) is 4.74. The highest BCUT2D eigenvalue weighted by Crippen LogP contribution is 2.19. The molecule has 0 bridgehead atoms. The van der Waals surface area contributed by atoms with Crippen LogP contribution in [0.2, 0.25) is 0 Å². The SMILES string of the molecule is Cc1ccc2nc(COc3ccccc3C(=O)NCCc3nncn3C(C)C)cn2c1. The standard InChI is InChI=1S/C23H26N6O2/c1-16(2)29-15-25-27-22(29)10-11-24-23(30)19-6-4-5-7-20(19)31-14-18-13-28-12-17(3)8-9-21(28)26-18/h4-9,12-13,15-16H,10-11,14H2,1-3H3,(H,24,30). The molecule has 4 aromatic rings. The van der Waals surface area contributed by atoms with Crippen molar-refractivity contribution >= 4 is 11.6 Å². The number of aryl methyl sites for hydroxylation is 1. The molecule has 1 N–H and O–H groups in total. The summed E-state index contributed by atoms with van der Waals surface area (Å²) in [7, 11) is 0. The first kappa shape index (κ1) is 20.6. The van der Waals surface area contributed by atoms with Gasteiger partial charge in [-0.25, -0.2) is 4.98 Å². The molecule has 0 radical (unpaired) electrons. The van der Waals surface area contributed by atoms with Gasteiger partial charge in [0, 0.05) is 31.4 Å². The van der Waals surface area contributed by atoms with Crippen LogP contribution in [0.1, 0.15) is 47.3 Å². The Hall–Kier alpha value is -3.68. The number of para-hydroxylation sites is 1. The molecule has 1 aromatic carbocycles. The molecule has 8 heteroatoms. The third-order valence-electron chi connectivity index (χ3n) is 4.99. The fraction of sp³-hybridized carbons (Fsp3) is 0.304. The highest BCUT2D eigenvalue weighted by molar-refractivity contribution is 5.96. The number of carbonyl (C=O) groups excluding carboxylic acids is 1. The van der Waals surface area contributed by atoms with Crippen molar-refractivity contribution in [1.29, 1.82) is 0 Å². The Bertz CT molecular complexity index is 1190. The largest absolute Gasteiger partial charge is 0.486 e. The van der Waals surface area contributed by atoms with E-state index >= 15 is 0 Å². The van der Waals surface area contributed by atoms with Gasteiger partial charge in [0.1, 0.15) is 30.2 Å². The van der Waals surface area contributed by atoms with Crippen LogP contribution in [0.25, 0.3) is 5.65 Å². The van der Waals surface area contributed by atoms with E-state index in [4.69, 9.17) is 4.74 Å². The van der Waals surface area contributed by atoms with Crippen LogP contribution in [-0.2, 0) is 13.0 Å². The molecular formula is C23H26N6O2. The maximum Gasteiger partial charge on any atom is 0.255 e. The number of hydrogen-bond donors (Lipinski definition) is 1. The van der Waals surface area contributed by atoms with E-state index in [0.717, 1.165) is 22.7 Å². The molecule has 1 amide bonds. The molecule has 3 heterocycles. The fourth-order valence-electron chi connectivity index (χ4n) is 3.42. The highest BCUT2D eigenvalue weighted by atomic mass is 16.5. The van der Waals surface area contributed by atoms with E-state index in [-0.39, 0.29) is 18.6 Å². The van der Waals surface area contributed by atoms with Crippen LogP contribution < -0.4 is 10.1 Å². The van der Waals surface area contributed by atoms with Crippen molar-refractivity contribution in [3.8, 4) is 5.75 Å². The van der Waals surface area contributed by atoms with E-state index in [9.17, 15) is 4.79 Å². The van der Waals surface area contributed by atoms with Crippen LogP contribution in [0, 0.1) is 6.92 Å². The highest BCUT2D eigenvalue weighted by Gasteiger charge is 2.14. The summed E-state index contributed by atoms with van der Waals surface area (Å²) in [6.07, 6.45) is 6.28. The first-order valence-corrected chi connectivity index (χ1v) is 10.3. The Morgan fingerprint density at radius 2 is 2.00 bits per heavy atom. The van der Waals surface area contributed by atoms with Gasteiger partial charge in [0.25, 0.3) is 5.91 Å². The van der Waals surface area contributed by atoms with Crippen LogP contribution in [0.3, 0.4) is 0 Å². The molecule has 4 rings (SSSR count). The van der Waals surface area contributed by atoms with Crippen molar-refractivity contribution in [1.82, 2.24) is 29.5 Å². The summed E-state index contributed by atoms with van der Waals surface area (Å²) >= 11 is 0. The van der Waals surface area contributed by atoms with Crippen molar-refractivity contribution in [2.75, 3.05) is 6.54 Å². The maximum atomic E-state index is 12.7. The number of nitrogens with zero attached hydrogens (tertiary/aromatic N) is 5. The van der Waals surface area contributed by atoms with Gasteiger partial charge in [0.05, 0.1) is 11.3 Å². The number of pyridine rings is 1. The van der Waals surface area contributed by atoms with Crippen molar-refractivity contribution in [2.45, 2.75) is 39.8 Å². The van der Waals surface area contributed by atoms with Crippen LogP contribution in [0.4, 0.5) is 0 Å². The predicted molar refractivity (Wildman–Crippen MR) is 117 cm³/mol. The minimum atomic E-state index is -0.183. The van der Waals surface area contributed by atoms with E-state index in [1.165, 1.54) is 0 Å². The molecule has 0 atom stereocenters. The lowest BCUT2D eigenvalue weighted by Crippen LogP contribution is -2.27. The Morgan fingerprint density at radius 1 is 1.16 bits per heavy atom. The zero-order valence-corrected chi connectivity index (χ0v) is 17.9. The zero-order chi connectivity index (χ0) is 21.8. The van der Waals surface area contributed by atoms with E-state index < -0.39 is 0 Å². The van der Waals surface area contributed by atoms with Gasteiger partial charge >= 0.3 is 0 Å². The second-order valence-electron chi connectivity index (χ2n) is 7.74. The molecule has 0 aliphatic heterocycles. The van der Waals surface area contributed by atoms with Crippen LogP contribution in [-0.4, -0.2) is 36.6 Å². The van der Waals surface area contributed by atoms with Crippen LogP contribution in [0.15, 0.2) is 55.1 Å². The maximum absolute atomic E-state index is 12.7. The lowest BCUT2D eigenvalue weighted by atomic mass is 10.2. The monoisotopic (exact) mass is 418 g/mol. The van der Waals surface area contributed by atoms with Crippen molar-refractivity contribution in [2.24, 2.45) is 0 Å². The van der Waals surface area contributed by atoms with E-state index in [1.54, 1.807) is 18.5 Å². The number of imidazole rings is 1. The third-order valence-corrected chi connectivity index (χ3v) is 4.99. The normalized spacial score (nSPS) is 11.2. The Kier molecular flexibility index (Phi) is 5.97. The number of benzene rings is 1. The minimum absolute atomic E-state index is 0.183. The Morgan fingerprint density at radius 3 is 2.84 bits per heavy atom. The van der Waals surface area contributed by atoms with Gasteiger partial charge in [0.2, 0.25) is 0 Å². The molecule has 0 saturated heterocycles. The molecular weight excluding hydrogens is 392 g/mol. The average Bonchev–Trinajstić information content (AvgIpc) is 3.38. The number of rotatable bonds is 8. The first-order chi connectivity index (χ1) is 15.0. The van der Waals surface area contributed by atoms with Gasteiger partial charge in [-0.05, 0) is 44.5 Å². The molecule has 0 unspecified atom stereocenters. The number of ether oxygens (including phenoxy) is 1. The topological polar surface area (TPSA) is 86.3 Å². The number of amides is 1. The van der Waals surface area contributed by atoms with Gasteiger partial charge < -0.3 is 19.0 Å². The van der Waals surface area contributed by atoms with Crippen molar-refractivity contribution in [3.05, 3.63) is 77.8 Å². The molecule has 0 spiro atoms. The molecule has 31 heavy (non-hydrogen) atoms. The first-order valence-electron chi connectivity index (χ1n) is 10.3. The molecule has 0 aliphatic carbocycles. The minimum Gasteiger partial charge on any atom is -0.486 e. The van der Waals surface area contributed by atoms with Gasteiger partial charge in [-0.1, -0.05) is 18.2 Å². The average molecular weight is 419 g/mol. The molecule has 3 aromatic heterocycles. The number of aromatic nitrogens is 5. The second kappa shape index (κ2) is 8.99. The molecule has 160 valence electrons. The number of hydrogen-bond acceptors (Lipinski definition) is 5. The van der Waals surface area contributed by atoms with Gasteiger partial charge in [-0.3, -0.25) is 4.79 Å². The molecule has 0 aliphatic rings. The van der Waals surface area contributed by atoms with Crippen molar-refractivity contribution in [3.63, 3.8) is 0 Å². The number of carbonyl (C=O) groups is 1. The summed E-state index contributed by atoms with van der Waals surface area (Å²) in [5, 5.41) is 11.0. The summed E-state index contributed by atoms with van der Waals surface area (Å²) < 4.78 is 9.92. The molecule has 0 fully saturated rings.